The van der Waals surface area contributed by atoms with Crippen LogP contribution in [0, 0.1) is 0 Å². The van der Waals surface area contributed by atoms with Crippen LogP contribution in [0.3, 0.4) is 0 Å². The van der Waals surface area contributed by atoms with Gasteiger partial charge in [-0.1, -0.05) is 6.07 Å². The van der Waals surface area contributed by atoms with Crippen molar-refractivity contribution in [2.45, 2.75) is 31.7 Å². The molecule has 2 aromatic rings. The van der Waals surface area contributed by atoms with Crippen molar-refractivity contribution >= 4 is 21.9 Å². The van der Waals surface area contributed by atoms with Crippen molar-refractivity contribution in [3.05, 3.63) is 47.0 Å². The second kappa shape index (κ2) is 6.31. The lowest BCUT2D eigenvalue weighted by Crippen LogP contribution is -2.31. The molecule has 0 N–H and O–H groups in total. The van der Waals surface area contributed by atoms with Gasteiger partial charge < -0.3 is 4.90 Å². The van der Waals surface area contributed by atoms with Gasteiger partial charge in [0.1, 0.15) is 0 Å². The van der Waals surface area contributed by atoms with Gasteiger partial charge in [-0.25, -0.2) is 9.97 Å². The standard InChI is InChI=1S/C15H17BrN4/c16-12-10-18-15(19-11-12)20-9-3-5-14(20)7-6-13-4-1-2-8-17-13/h1-2,4,8,10-11,14H,3,5-7,9H2/t14-/m1/s1. The molecule has 104 valence electrons. The number of halogens is 1. The maximum atomic E-state index is 4.42. The van der Waals surface area contributed by atoms with E-state index in [4.69, 9.17) is 0 Å². The fraction of sp³-hybridized carbons (Fsp3) is 0.400. The van der Waals surface area contributed by atoms with E-state index in [9.17, 15) is 0 Å². The Labute approximate surface area is 127 Å². The summed E-state index contributed by atoms with van der Waals surface area (Å²) in [4.78, 5) is 15.6. The van der Waals surface area contributed by atoms with Gasteiger partial charge in [0.05, 0.1) is 4.47 Å². The Bertz CT molecular complexity index is 544. The van der Waals surface area contributed by atoms with Crippen LogP contribution in [0.2, 0.25) is 0 Å². The lowest BCUT2D eigenvalue weighted by atomic mass is 10.1. The highest BCUT2D eigenvalue weighted by Gasteiger charge is 2.26. The lowest BCUT2D eigenvalue weighted by molar-refractivity contribution is 0.596. The number of rotatable bonds is 4. The number of pyridine rings is 1. The first-order valence-corrected chi connectivity index (χ1v) is 7.76. The minimum atomic E-state index is 0.526. The van der Waals surface area contributed by atoms with Gasteiger partial charge in [-0.15, -0.1) is 0 Å². The summed E-state index contributed by atoms with van der Waals surface area (Å²) in [7, 11) is 0. The molecule has 3 heterocycles. The number of nitrogens with zero attached hydrogens (tertiary/aromatic N) is 4. The number of anilines is 1. The summed E-state index contributed by atoms with van der Waals surface area (Å²) in [6.07, 6.45) is 10.0. The van der Waals surface area contributed by atoms with Gasteiger partial charge in [0.15, 0.2) is 0 Å². The molecular weight excluding hydrogens is 316 g/mol. The molecular formula is C15H17BrN4. The van der Waals surface area contributed by atoms with Crippen LogP contribution >= 0.6 is 15.9 Å². The number of hydrogen-bond acceptors (Lipinski definition) is 4. The molecule has 2 aromatic heterocycles. The molecule has 1 fully saturated rings. The first-order chi connectivity index (χ1) is 9.83. The largest absolute Gasteiger partial charge is 0.338 e. The van der Waals surface area contributed by atoms with E-state index in [0.717, 1.165) is 35.5 Å². The Hall–Kier alpha value is -1.49. The van der Waals surface area contributed by atoms with E-state index in [1.165, 1.54) is 12.8 Å². The summed E-state index contributed by atoms with van der Waals surface area (Å²) < 4.78 is 0.922. The van der Waals surface area contributed by atoms with Gasteiger partial charge in [0.25, 0.3) is 0 Å². The predicted molar refractivity (Wildman–Crippen MR) is 82.7 cm³/mol. The first-order valence-electron chi connectivity index (χ1n) is 6.97. The van der Waals surface area contributed by atoms with Crippen LogP contribution in [0.1, 0.15) is 25.0 Å². The monoisotopic (exact) mass is 332 g/mol. The SMILES string of the molecule is Brc1cnc(N2CCC[C@@H]2CCc2ccccn2)nc1. The second-order valence-electron chi connectivity index (χ2n) is 5.05. The number of aryl methyl sites for hydroxylation is 1. The van der Waals surface area contributed by atoms with Gasteiger partial charge in [0, 0.05) is 36.9 Å². The molecule has 0 aromatic carbocycles. The maximum absolute atomic E-state index is 4.42. The molecule has 0 amide bonds. The Morgan fingerprint density at radius 3 is 2.80 bits per heavy atom. The minimum Gasteiger partial charge on any atom is -0.338 e. The first kappa shape index (κ1) is 13.5. The average molecular weight is 333 g/mol. The normalized spacial score (nSPS) is 18.4. The average Bonchev–Trinajstić information content (AvgIpc) is 2.95. The summed E-state index contributed by atoms with van der Waals surface area (Å²) in [5.41, 5.74) is 1.16. The van der Waals surface area contributed by atoms with E-state index in [1.54, 1.807) is 0 Å². The van der Waals surface area contributed by atoms with Crippen LogP contribution in [0.5, 0.6) is 0 Å². The molecule has 0 bridgehead atoms. The smallest absolute Gasteiger partial charge is 0.225 e. The third-order valence-electron chi connectivity index (χ3n) is 3.70. The summed E-state index contributed by atoms with van der Waals surface area (Å²) in [5.74, 6) is 0.844. The van der Waals surface area contributed by atoms with E-state index in [2.05, 4.69) is 41.8 Å². The Morgan fingerprint density at radius 1 is 1.20 bits per heavy atom. The molecule has 1 atom stereocenters. The van der Waals surface area contributed by atoms with Crippen molar-refractivity contribution in [2.75, 3.05) is 11.4 Å². The van der Waals surface area contributed by atoms with E-state index in [-0.39, 0.29) is 0 Å². The fourth-order valence-electron chi connectivity index (χ4n) is 2.71. The van der Waals surface area contributed by atoms with Crippen molar-refractivity contribution in [3.8, 4) is 0 Å². The molecule has 0 spiro atoms. The van der Waals surface area contributed by atoms with Crippen molar-refractivity contribution in [3.63, 3.8) is 0 Å². The van der Waals surface area contributed by atoms with E-state index in [0.29, 0.717) is 6.04 Å². The van der Waals surface area contributed by atoms with Crippen molar-refractivity contribution in [2.24, 2.45) is 0 Å². The van der Waals surface area contributed by atoms with Gasteiger partial charge in [-0.3, -0.25) is 4.98 Å². The zero-order valence-corrected chi connectivity index (χ0v) is 12.8. The summed E-state index contributed by atoms with van der Waals surface area (Å²) in [6, 6.07) is 6.63. The zero-order chi connectivity index (χ0) is 13.8. The maximum Gasteiger partial charge on any atom is 0.225 e. The summed E-state index contributed by atoms with van der Waals surface area (Å²) in [6.45, 7) is 1.05. The highest BCUT2D eigenvalue weighted by atomic mass is 79.9. The number of hydrogen-bond donors (Lipinski definition) is 0. The van der Waals surface area contributed by atoms with Crippen LogP contribution in [-0.4, -0.2) is 27.5 Å². The van der Waals surface area contributed by atoms with Crippen LogP contribution < -0.4 is 4.90 Å². The molecule has 1 aliphatic heterocycles. The molecule has 3 rings (SSSR count). The topological polar surface area (TPSA) is 41.9 Å². The Balaban J connectivity index is 1.65. The molecule has 4 nitrogen and oxygen atoms in total. The molecule has 0 saturated carbocycles. The molecule has 1 saturated heterocycles. The molecule has 1 aliphatic rings. The van der Waals surface area contributed by atoms with Crippen molar-refractivity contribution < 1.29 is 0 Å². The third-order valence-corrected chi connectivity index (χ3v) is 4.11. The summed E-state index contributed by atoms with van der Waals surface area (Å²) >= 11 is 3.38. The van der Waals surface area contributed by atoms with Gasteiger partial charge in [-0.2, -0.15) is 0 Å². The molecule has 5 heteroatoms. The van der Waals surface area contributed by atoms with Crippen molar-refractivity contribution in [1.82, 2.24) is 15.0 Å². The van der Waals surface area contributed by atoms with E-state index < -0.39 is 0 Å². The third kappa shape index (κ3) is 3.15. The van der Waals surface area contributed by atoms with Crippen LogP contribution in [-0.2, 0) is 6.42 Å². The zero-order valence-electron chi connectivity index (χ0n) is 11.2. The quantitative estimate of drug-likeness (QED) is 0.861. The van der Waals surface area contributed by atoms with Gasteiger partial charge >= 0.3 is 0 Å². The van der Waals surface area contributed by atoms with Crippen LogP contribution in [0.15, 0.2) is 41.3 Å². The van der Waals surface area contributed by atoms with Gasteiger partial charge in [0.2, 0.25) is 5.95 Å². The van der Waals surface area contributed by atoms with E-state index >= 15 is 0 Å². The van der Waals surface area contributed by atoms with Crippen LogP contribution in [0.25, 0.3) is 0 Å². The molecule has 0 aliphatic carbocycles. The predicted octanol–water partition coefficient (Wildman–Crippen LogP) is 3.24. The molecule has 0 unspecified atom stereocenters. The minimum absolute atomic E-state index is 0.526. The highest BCUT2D eigenvalue weighted by Crippen LogP contribution is 2.25. The fourth-order valence-corrected chi connectivity index (χ4v) is 2.92. The molecule has 0 radical (unpaired) electrons. The second-order valence-corrected chi connectivity index (χ2v) is 5.97. The van der Waals surface area contributed by atoms with Gasteiger partial charge in [-0.05, 0) is 53.7 Å². The molecule has 20 heavy (non-hydrogen) atoms. The van der Waals surface area contributed by atoms with Crippen LogP contribution in [0.4, 0.5) is 5.95 Å². The number of aromatic nitrogens is 3. The highest BCUT2D eigenvalue weighted by molar-refractivity contribution is 9.10. The Kier molecular flexibility index (Phi) is 4.25. The summed E-state index contributed by atoms with van der Waals surface area (Å²) in [5, 5.41) is 0. The van der Waals surface area contributed by atoms with Crippen molar-refractivity contribution in [1.29, 1.82) is 0 Å². The van der Waals surface area contributed by atoms with E-state index in [1.807, 2.05) is 30.7 Å². The lowest BCUT2D eigenvalue weighted by Gasteiger charge is -2.24. The Morgan fingerprint density at radius 2 is 2.05 bits per heavy atom.